The summed E-state index contributed by atoms with van der Waals surface area (Å²) >= 11 is 0. The van der Waals surface area contributed by atoms with Gasteiger partial charge in [0.05, 0.1) is 5.52 Å². The third kappa shape index (κ3) is 3.08. The standard InChI is InChI=1S/C15H21N5O.ClH/c1-10(16)11-5-7-20(8-6-11)15(21)12-3-4-14-13(9-12)17-18-19(14)2;/h3-4,9-11H,5-8,16H2,1-2H3;1H. The SMILES string of the molecule is CC(N)C1CCN(C(=O)c2ccc3c(c2)nnn3C)CC1.Cl. The highest BCUT2D eigenvalue weighted by Crippen LogP contribution is 2.22. The summed E-state index contributed by atoms with van der Waals surface area (Å²) in [5.41, 5.74) is 8.32. The second-order valence-corrected chi connectivity index (χ2v) is 5.91. The number of carbonyl (C=O) groups is 1. The summed E-state index contributed by atoms with van der Waals surface area (Å²) in [5, 5.41) is 8.03. The number of benzene rings is 1. The Balaban J connectivity index is 0.00000176. The Labute approximate surface area is 136 Å². The molecule has 3 rings (SSSR count). The Morgan fingerprint density at radius 3 is 2.68 bits per heavy atom. The predicted molar refractivity (Wildman–Crippen MR) is 88.0 cm³/mol. The highest BCUT2D eigenvalue weighted by molar-refractivity contribution is 5.97. The molecule has 0 radical (unpaired) electrons. The summed E-state index contributed by atoms with van der Waals surface area (Å²) in [7, 11) is 1.84. The van der Waals surface area contributed by atoms with Gasteiger partial charge in [0.1, 0.15) is 5.52 Å². The van der Waals surface area contributed by atoms with E-state index in [0.29, 0.717) is 11.5 Å². The Morgan fingerprint density at radius 1 is 1.36 bits per heavy atom. The van der Waals surface area contributed by atoms with Crippen LogP contribution in [0.4, 0.5) is 0 Å². The molecule has 1 fully saturated rings. The summed E-state index contributed by atoms with van der Waals surface area (Å²) in [5.74, 6) is 0.599. The first-order chi connectivity index (χ1) is 10.1. The number of aryl methyl sites for hydroxylation is 1. The van der Waals surface area contributed by atoms with Crippen LogP contribution >= 0.6 is 12.4 Å². The third-order valence-electron chi connectivity index (χ3n) is 4.43. The molecule has 2 aromatic rings. The fourth-order valence-electron chi connectivity index (χ4n) is 2.98. The molecule has 22 heavy (non-hydrogen) atoms. The van der Waals surface area contributed by atoms with Gasteiger partial charge < -0.3 is 10.6 Å². The van der Waals surface area contributed by atoms with Gasteiger partial charge in [-0.3, -0.25) is 4.79 Å². The van der Waals surface area contributed by atoms with Gasteiger partial charge in [0.15, 0.2) is 0 Å². The monoisotopic (exact) mass is 323 g/mol. The number of rotatable bonds is 2. The van der Waals surface area contributed by atoms with Gasteiger partial charge in [-0.05, 0) is 43.9 Å². The molecule has 7 heteroatoms. The molecule has 1 aromatic carbocycles. The van der Waals surface area contributed by atoms with Gasteiger partial charge in [0.2, 0.25) is 0 Å². The second kappa shape index (κ2) is 6.62. The number of amides is 1. The minimum Gasteiger partial charge on any atom is -0.339 e. The van der Waals surface area contributed by atoms with Crippen LogP contribution in [0, 0.1) is 5.92 Å². The molecule has 6 nitrogen and oxygen atoms in total. The summed E-state index contributed by atoms with van der Waals surface area (Å²) < 4.78 is 1.71. The van der Waals surface area contributed by atoms with Gasteiger partial charge >= 0.3 is 0 Å². The number of hydrogen-bond donors (Lipinski definition) is 1. The predicted octanol–water partition coefficient (Wildman–Crippen LogP) is 1.59. The average Bonchev–Trinajstić information content (AvgIpc) is 2.87. The van der Waals surface area contributed by atoms with Crippen LogP contribution in [0.25, 0.3) is 11.0 Å². The second-order valence-electron chi connectivity index (χ2n) is 5.91. The van der Waals surface area contributed by atoms with E-state index in [1.165, 1.54) is 0 Å². The lowest BCUT2D eigenvalue weighted by molar-refractivity contribution is 0.0681. The van der Waals surface area contributed by atoms with Crippen molar-refractivity contribution in [2.75, 3.05) is 13.1 Å². The lowest BCUT2D eigenvalue weighted by Crippen LogP contribution is -2.42. The van der Waals surface area contributed by atoms with E-state index in [4.69, 9.17) is 5.73 Å². The fourth-order valence-corrected chi connectivity index (χ4v) is 2.98. The summed E-state index contributed by atoms with van der Waals surface area (Å²) in [6.45, 7) is 3.61. The van der Waals surface area contributed by atoms with Crippen molar-refractivity contribution in [3.63, 3.8) is 0 Å². The average molecular weight is 324 g/mol. The number of piperidine rings is 1. The van der Waals surface area contributed by atoms with E-state index in [0.717, 1.165) is 37.0 Å². The topological polar surface area (TPSA) is 77.0 Å². The number of nitrogens with two attached hydrogens (primary N) is 1. The molecule has 120 valence electrons. The van der Waals surface area contributed by atoms with E-state index in [-0.39, 0.29) is 24.4 Å². The summed E-state index contributed by atoms with van der Waals surface area (Å²) in [6.07, 6.45) is 1.97. The minimum absolute atomic E-state index is 0. The van der Waals surface area contributed by atoms with Crippen molar-refractivity contribution in [2.45, 2.75) is 25.8 Å². The van der Waals surface area contributed by atoms with Crippen molar-refractivity contribution in [3.8, 4) is 0 Å². The van der Waals surface area contributed by atoms with Crippen molar-refractivity contribution < 1.29 is 4.79 Å². The highest BCUT2D eigenvalue weighted by Gasteiger charge is 2.25. The van der Waals surface area contributed by atoms with Gasteiger partial charge in [0, 0.05) is 31.7 Å². The molecule has 2 N–H and O–H groups in total. The van der Waals surface area contributed by atoms with E-state index >= 15 is 0 Å². The molecule has 1 atom stereocenters. The smallest absolute Gasteiger partial charge is 0.253 e. The molecule has 1 aliphatic rings. The van der Waals surface area contributed by atoms with Crippen LogP contribution in [0.1, 0.15) is 30.1 Å². The van der Waals surface area contributed by atoms with Gasteiger partial charge in [-0.25, -0.2) is 4.68 Å². The number of fused-ring (bicyclic) bond motifs is 1. The molecular weight excluding hydrogens is 302 g/mol. The van der Waals surface area contributed by atoms with Crippen molar-refractivity contribution in [1.82, 2.24) is 19.9 Å². The lowest BCUT2D eigenvalue weighted by Gasteiger charge is -2.33. The van der Waals surface area contributed by atoms with Crippen LogP contribution in [0.15, 0.2) is 18.2 Å². The van der Waals surface area contributed by atoms with Crippen molar-refractivity contribution in [2.24, 2.45) is 18.7 Å². The van der Waals surface area contributed by atoms with Crippen molar-refractivity contribution >= 4 is 29.3 Å². The molecule has 1 unspecified atom stereocenters. The zero-order valence-electron chi connectivity index (χ0n) is 12.9. The number of nitrogens with zero attached hydrogens (tertiary/aromatic N) is 4. The Bertz CT molecular complexity index is 661. The molecule has 0 aliphatic carbocycles. The Kier molecular flexibility index (Phi) is 5.03. The first-order valence-electron chi connectivity index (χ1n) is 7.40. The molecule has 0 spiro atoms. The van der Waals surface area contributed by atoms with Crippen molar-refractivity contribution in [3.05, 3.63) is 23.8 Å². The molecule has 1 amide bonds. The fraction of sp³-hybridized carbons (Fsp3) is 0.533. The van der Waals surface area contributed by atoms with E-state index < -0.39 is 0 Å². The quantitative estimate of drug-likeness (QED) is 0.910. The molecule has 1 aromatic heterocycles. The molecule has 2 heterocycles. The van der Waals surface area contributed by atoms with Gasteiger partial charge in [-0.2, -0.15) is 0 Å². The van der Waals surface area contributed by atoms with E-state index in [2.05, 4.69) is 10.3 Å². The minimum atomic E-state index is 0. The first-order valence-corrected chi connectivity index (χ1v) is 7.40. The van der Waals surface area contributed by atoms with Crippen molar-refractivity contribution in [1.29, 1.82) is 0 Å². The normalized spacial score (nSPS) is 17.3. The summed E-state index contributed by atoms with van der Waals surface area (Å²) in [6, 6.07) is 5.78. The van der Waals surface area contributed by atoms with Gasteiger partial charge in [-0.1, -0.05) is 5.21 Å². The Hall–Kier alpha value is -1.66. The van der Waals surface area contributed by atoms with Crippen LogP contribution in [0.5, 0.6) is 0 Å². The van der Waals surface area contributed by atoms with Gasteiger partial charge in [-0.15, -0.1) is 17.5 Å². The first kappa shape index (κ1) is 16.7. The maximum Gasteiger partial charge on any atom is 0.253 e. The van der Waals surface area contributed by atoms with Gasteiger partial charge in [0.25, 0.3) is 5.91 Å². The largest absolute Gasteiger partial charge is 0.339 e. The highest BCUT2D eigenvalue weighted by atomic mass is 35.5. The van der Waals surface area contributed by atoms with Crippen LogP contribution in [-0.4, -0.2) is 44.9 Å². The number of aromatic nitrogens is 3. The molecule has 1 aliphatic heterocycles. The zero-order chi connectivity index (χ0) is 15.0. The zero-order valence-corrected chi connectivity index (χ0v) is 13.7. The van der Waals surface area contributed by atoms with E-state index in [1.807, 2.05) is 37.1 Å². The third-order valence-corrected chi connectivity index (χ3v) is 4.43. The number of carbonyl (C=O) groups excluding carboxylic acids is 1. The molecular formula is C15H22ClN5O. The number of halogens is 1. The van der Waals surface area contributed by atoms with E-state index in [9.17, 15) is 4.79 Å². The molecule has 0 bridgehead atoms. The van der Waals surface area contributed by atoms with Crippen LogP contribution < -0.4 is 5.73 Å². The maximum absolute atomic E-state index is 12.6. The van der Waals surface area contributed by atoms with Crippen LogP contribution in [0.3, 0.4) is 0 Å². The van der Waals surface area contributed by atoms with Crippen LogP contribution in [-0.2, 0) is 7.05 Å². The number of hydrogen-bond acceptors (Lipinski definition) is 4. The number of likely N-dealkylation sites (tertiary alicyclic amines) is 1. The van der Waals surface area contributed by atoms with Crippen LogP contribution in [0.2, 0.25) is 0 Å². The van der Waals surface area contributed by atoms with E-state index in [1.54, 1.807) is 4.68 Å². The summed E-state index contributed by atoms with van der Waals surface area (Å²) in [4.78, 5) is 14.5. The molecule has 0 saturated carbocycles. The molecule has 1 saturated heterocycles. The maximum atomic E-state index is 12.6. The Morgan fingerprint density at radius 2 is 2.05 bits per heavy atom. The lowest BCUT2D eigenvalue weighted by atomic mass is 9.90.